The normalized spacial score (nSPS) is 24.0. The molecule has 8 heavy (non-hydrogen) atoms. The Morgan fingerprint density at radius 3 is 3.62 bits per heavy atom. The molecule has 40 valence electrons. The molecule has 2 rings (SSSR count). The highest BCUT2D eigenvalue weighted by molar-refractivity contribution is 8.18. The van der Waals surface area contributed by atoms with Crippen LogP contribution in [0.2, 0.25) is 0 Å². The van der Waals surface area contributed by atoms with Crippen molar-refractivity contribution in [1.29, 1.82) is 0 Å². The van der Waals surface area contributed by atoms with Gasteiger partial charge in [0.15, 0.2) is 11.0 Å². The van der Waals surface area contributed by atoms with Gasteiger partial charge in [0.2, 0.25) is 0 Å². The van der Waals surface area contributed by atoms with Gasteiger partial charge in [-0.15, -0.1) is 0 Å². The van der Waals surface area contributed by atoms with Crippen molar-refractivity contribution in [3.63, 3.8) is 0 Å². The van der Waals surface area contributed by atoms with Gasteiger partial charge in [-0.25, -0.2) is 0 Å². The summed E-state index contributed by atoms with van der Waals surface area (Å²) >= 11 is 2.98. The molecule has 2 radical (unpaired) electrons. The van der Waals surface area contributed by atoms with E-state index in [2.05, 4.69) is 10.3 Å². The smallest absolute Gasteiger partial charge is 0.190 e. The maximum Gasteiger partial charge on any atom is 0.190 e. The fourth-order valence-corrected chi connectivity index (χ4v) is 1.82. The number of thioether (sulfide) groups is 1. The van der Waals surface area contributed by atoms with Crippen molar-refractivity contribution >= 4 is 28.9 Å². The van der Waals surface area contributed by atoms with E-state index >= 15 is 0 Å². The van der Waals surface area contributed by atoms with E-state index in [0.29, 0.717) is 0 Å². The SMILES string of the molecule is [C]1SN=C2SC=CN12. The maximum atomic E-state index is 4.05. The number of fused-ring (bicyclic) bond motifs is 1. The summed E-state index contributed by atoms with van der Waals surface area (Å²) in [5.74, 6) is 2.96. The van der Waals surface area contributed by atoms with E-state index in [0.717, 1.165) is 5.17 Å². The van der Waals surface area contributed by atoms with Crippen LogP contribution in [0.3, 0.4) is 0 Å². The van der Waals surface area contributed by atoms with Gasteiger partial charge in [0.25, 0.3) is 0 Å². The molecule has 2 heterocycles. The third-order valence-corrected chi connectivity index (χ3v) is 2.27. The standard InChI is InChI=1S/C4H2N2S2/c1-2-7-4-5-8-3-6(1)4/h1-2H. The molecule has 0 saturated carbocycles. The lowest BCUT2D eigenvalue weighted by atomic mass is 10.8. The number of nitrogens with zero attached hydrogens (tertiary/aromatic N) is 2. The minimum absolute atomic E-state index is 1.02. The van der Waals surface area contributed by atoms with E-state index in [4.69, 9.17) is 0 Å². The summed E-state index contributed by atoms with van der Waals surface area (Å²) in [6, 6.07) is 0. The predicted molar refractivity (Wildman–Crippen MR) is 36.8 cm³/mol. The minimum atomic E-state index is 1.02. The molecule has 0 N–H and O–H groups in total. The topological polar surface area (TPSA) is 15.6 Å². The average molecular weight is 142 g/mol. The van der Waals surface area contributed by atoms with Crippen LogP contribution in [0, 0.1) is 5.88 Å². The molecule has 0 aliphatic carbocycles. The van der Waals surface area contributed by atoms with Crippen molar-refractivity contribution in [3.05, 3.63) is 17.5 Å². The van der Waals surface area contributed by atoms with Crippen LogP contribution in [0.1, 0.15) is 0 Å². The van der Waals surface area contributed by atoms with Gasteiger partial charge in [0.1, 0.15) is 0 Å². The summed E-state index contributed by atoms with van der Waals surface area (Å²) in [7, 11) is 0. The largest absolute Gasteiger partial charge is 0.303 e. The van der Waals surface area contributed by atoms with Crippen LogP contribution in [-0.2, 0) is 0 Å². The van der Waals surface area contributed by atoms with Crippen LogP contribution in [-0.4, -0.2) is 10.1 Å². The molecular weight excluding hydrogens is 140 g/mol. The second-order valence-corrected chi connectivity index (χ2v) is 2.75. The highest BCUT2D eigenvalue weighted by Crippen LogP contribution is 2.32. The van der Waals surface area contributed by atoms with E-state index in [1.165, 1.54) is 11.9 Å². The van der Waals surface area contributed by atoms with Gasteiger partial charge in [-0.3, -0.25) is 0 Å². The predicted octanol–water partition coefficient (Wildman–Crippen LogP) is 1.52. The molecule has 0 spiro atoms. The van der Waals surface area contributed by atoms with Crippen molar-refractivity contribution in [2.75, 3.05) is 0 Å². The molecule has 0 saturated heterocycles. The molecule has 0 amide bonds. The number of rotatable bonds is 0. The van der Waals surface area contributed by atoms with Crippen LogP contribution in [0.4, 0.5) is 0 Å². The first-order chi connectivity index (χ1) is 3.97. The molecule has 0 aromatic carbocycles. The number of hydrogen-bond donors (Lipinski definition) is 0. The monoisotopic (exact) mass is 142 g/mol. The fraction of sp³-hybridized carbons (Fsp3) is 0. The molecule has 0 atom stereocenters. The van der Waals surface area contributed by atoms with Crippen molar-refractivity contribution in [3.8, 4) is 0 Å². The van der Waals surface area contributed by atoms with E-state index < -0.39 is 0 Å². The van der Waals surface area contributed by atoms with Crippen LogP contribution in [0.5, 0.6) is 0 Å². The molecule has 4 heteroatoms. The lowest BCUT2D eigenvalue weighted by Gasteiger charge is -2.00. The van der Waals surface area contributed by atoms with E-state index in [1.807, 2.05) is 16.5 Å². The zero-order valence-electron chi connectivity index (χ0n) is 3.87. The Hall–Kier alpha value is -0.0900. The first-order valence-corrected chi connectivity index (χ1v) is 3.74. The van der Waals surface area contributed by atoms with E-state index in [-0.39, 0.29) is 0 Å². The third kappa shape index (κ3) is 0.563. The quantitative estimate of drug-likeness (QED) is 0.477. The summed E-state index contributed by atoms with van der Waals surface area (Å²) in [4.78, 5) is 1.88. The summed E-state index contributed by atoms with van der Waals surface area (Å²) in [5, 5.41) is 3.01. The third-order valence-electron chi connectivity index (χ3n) is 0.852. The summed E-state index contributed by atoms with van der Waals surface area (Å²) in [5.41, 5.74) is 0. The number of hydrogen-bond acceptors (Lipinski definition) is 4. The number of amidine groups is 1. The van der Waals surface area contributed by atoms with Crippen LogP contribution < -0.4 is 0 Å². The Morgan fingerprint density at radius 2 is 2.75 bits per heavy atom. The Kier molecular flexibility index (Phi) is 1.01. The van der Waals surface area contributed by atoms with Crippen LogP contribution in [0.25, 0.3) is 0 Å². The van der Waals surface area contributed by atoms with Crippen molar-refractivity contribution in [2.45, 2.75) is 0 Å². The summed E-state index contributed by atoms with van der Waals surface area (Å²) in [6.45, 7) is 0. The molecule has 0 aromatic heterocycles. The molecule has 0 aromatic rings. The molecule has 0 bridgehead atoms. The highest BCUT2D eigenvalue weighted by atomic mass is 32.2. The first kappa shape index (κ1) is 4.76. The van der Waals surface area contributed by atoms with Gasteiger partial charge in [-0.2, -0.15) is 4.40 Å². The van der Waals surface area contributed by atoms with E-state index in [9.17, 15) is 0 Å². The van der Waals surface area contributed by atoms with Gasteiger partial charge in [0.05, 0.1) is 0 Å². The van der Waals surface area contributed by atoms with Gasteiger partial charge in [0, 0.05) is 18.1 Å². The van der Waals surface area contributed by atoms with E-state index in [1.54, 1.807) is 11.8 Å². The van der Waals surface area contributed by atoms with Gasteiger partial charge >= 0.3 is 0 Å². The van der Waals surface area contributed by atoms with Gasteiger partial charge in [-0.1, -0.05) is 11.8 Å². The lowest BCUT2D eigenvalue weighted by Crippen LogP contribution is -2.08. The molecule has 0 fully saturated rings. The zero-order valence-corrected chi connectivity index (χ0v) is 5.50. The van der Waals surface area contributed by atoms with Crippen molar-refractivity contribution < 1.29 is 0 Å². The zero-order chi connectivity index (χ0) is 5.40. The Bertz CT molecular complexity index is 163. The minimum Gasteiger partial charge on any atom is -0.303 e. The summed E-state index contributed by atoms with van der Waals surface area (Å²) in [6.07, 6.45) is 1.95. The molecule has 2 aliphatic rings. The van der Waals surface area contributed by atoms with Crippen molar-refractivity contribution in [1.82, 2.24) is 4.90 Å². The van der Waals surface area contributed by atoms with Crippen LogP contribution >= 0.6 is 23.7 Å². The van der Waals surface area contributed by atoms with Crippen LogP contribution in [0.15, 0.2) is 16.0 Å². The Labute approximate surface area is 56.2 Å². The van der Waals surface area contributed by atoms with Crippen molar-refractivity contribution in [2.24, 2.45) is 4.40 Å². The Morgan fingerprint density at radius 1 is 1.75 bits per heavy atom. The second-order valence-electron chi connectivity index (χ2n) is 1.33. The second kappa shape index (κ2) is 1.70. The lowest BCUT2D eigenvalue weighted by molar-refractivity contribution is 0.772. The first-order valence-electron chi connectivity index (χ1n) is 2.09. The summed E-state index contributed by atoms with van der Waals surface area (Å²) < 4.78 is 4.05. The highest BCUT2D eigenvalue weighted by Gasteiger charge is 2.20. The maximum absolute atomic E-state index is 4.05. The molecule has 2 aliphatic heterocycles. The van der Waals surface area contributed by atoms with Gasteiger partial charge in [-0.05, 0) is 5.41 Å². The fourth-order valence-electron chi connectivity index (χ4n) is 0.511. The molecule has 2 nitrogen and oxygen atoms in total. The molecule has 0 unspecified atom stereocenters. The Balaban J connectivity index is 2.28. The average Bonchev–Trinajstić information content (AvgIpc) is 2.15. The molecular formula is C4H2N2S2. The van der Waals surface area contributed by atoms with Gasteiger partial charge < -0.3 is 4.90 Å².